The Morgan fingerprint density at radius 2 is 1.96 bits per heavy atom. The number of thiazole rings is 1. The molecule has 134 valence electrons. The van der Waals surface area contributed by atoms with Crippen LogP contribution in [0.5, 0.6) is 0 Å². The van der Waals surface area contributed by atoms with E-state index in [2.05, 4.69) is 46.4 Å². The molecule has 0 bridgehead atoms. The molecule has 23 heavy (non-hydrogen) atoms. The van der Waals surface area contributed by atoms with E-state index in [1.165, 1.54) is 9.88 Å². The van der Waals surface area contributed by atoms with Gasteiger partial charge in [0, 0.05) is 51.6 Å². The van der Waals surface area contributed by atoms with Gasteiger partial charge in [-0.25, -0.2) is 4.98 Å². The zero-order valence-electron chi connectivity index (χ0n) is 14.8. The normalized spacial score (nSPS) is 11.5. The van der Waals surface area contributed by atoms with Crippen LogP contribution < -0.4 is 10.6 Å². The number of rotatable bonds is 9. The number of likely N-dealkylation sites (N-methyl/N-ethyl adjacent to an activating group) is 1. The smallest absolute Gasteiger partial charge is 0.191 e. The van der Waals surface area contributed by atoms with E-state index in [1.54, 1.807) is 25.5 Å². The highest BCUT2D eigenvalue weighted by Crippen LogP contribution is 2.16. The number of methoxy groups -OCH3 is 1. The van der Waals surface area contributed by atoms with E-state index in [9.17, 15) is 0 Å². The number of halogens is 1. The molecule has 0 radical (unpaired) electrons. The van der Waals surface area contributed by atoms with Gasteiger partial charge in [-0.2, -0.15) is 0 Å². The van der Waals surface area contributed by atoms with Crippen molar-refractivity contribution in [1.29, 1.82) is 0 Å². The number of guanidine groups is 1. The first-order valence-corrected chi connectivity index (χ1v) is 8.43. The molecule has 0 aromatic carbocycles. The summed E-state index contributed by atoms with van der Waals surface area (Å²) in [6.45, 7) is 8.52. The Balaban J connectivity index is 0.00000484. The third-order valence-corrected chi connectivity index (χ3v) is 4.52. The maximum absolute atomic E-state index is 5.06. The van der Waals surface area contributed by atoms with Gasteiger partial charge in [-0.1, -0.05) is 0 Å². The van der Waals surface area contributed by atoms with E-state index in [0.717, 1.165) is 50.9 Å². The molecule has 0 unspecified atom stereocenters. The predicted octanol–water partition coefficient (Wildman–Crippen LogP) is 1.66. The molecule has 8 heteroatoms. The minimum absolute atomic E-state index is 0. The first-order valence-electron chi connectivity index (χ1n) is 7.61. The first kappa shape index (κ1) is 22.6. The van der Waals surface area contributed by atoms with E-state index >= 15 is 0 Å². The van der Waals surface area contributed by atoms with Crippen LogP contribution in [0.3, 0.4) is 0 Å². The predicted molar refractivity (Wildman–Crippen MR) is 109 cm³/mol. The quantitative estimate of drug-likeness (QED) is 0.337. The molecule has 1 aromatic rings. The Labute approximate surface area is 161 Å². The lowest BCUT2D eigenvalue weighted by Gasteiger charge is -2.17. The van der Waals surface area contributed by atoms with Crippen LogP contribution in [0.2, 0.25) is 0 Å². The average Bonchev–Trinajstić information content (AvgIpc) is 2.82. The lowest BCUT2D eigenvalue weighted by atomic mass is 10.4. The molecule has 6 nitrogen and oxygen atoms in total. The number of nitrogens with zero attached hydrogens (tertiary/aromatic N) is 3. The molecule has 2 N–H and O–H groups in total. The van der Waals surface area contributed by atoms with Gasteiger partial charge in [-0.3, -0.25) is 4.99 Å². The summed E-state index contributed by atoms with van der Waals surface area (Å²) in [6.07, 6.45) is 0.924. The summed E-state index contributed by atoms with van der Waals surface area (Å²) in [5.74, 6) is 0.838. The monoisotopic (exact) mass is 455 g/mol. The van der Waals surface area contributed by atoms with Crippen molar-refractivity contribution >= 4 is 41.3 Å². The van der Waals surface area contributed by atoms with Crippen molar-refractivity contribution in [2.75, 3.05) is 54.0 Å². The zero-order valence-corrected chi connectivity index (χ0v) is 18.0. The highest BCUT2D eigenvalue weighted by Gasteiger charge is 2.04. The molecule has 0 atom stereocenters. The molecule has 0 saturated heterocycles. The van der Waals surface area contributed by atoms with Gasteiger partial charge in [-0.05, 0) is 20.9 Å². The van der Waals surface area contributed by atoms with Gasteiger partial charge < -0.3 is 20.3 Å². The Kier molecular flexibility index (Phi) is 12.7. The molecule has 1 rings (SSSR count). The molecule has 0 amide bonds. The topological polar surface area (TPSA) is 61.8 Å². The third kappa shape index (κ3) is 9.43. The van der Waals surface area contributed by atoms with Gasteiger partial charge in [0.25, 0.3) is 0 Å². The summed E-state index contributed by atoms with van der Waals surface area (Å²) >= 11 is 1.77. The van der Waals surface area contributed by atoms with Crippen LogP contribution in [0, 0.1) is 13.8 Å². The Bertz CT molecular complexity index is 447. The maximum Gasteiger partial charge on any atom is 0.191 e. The molecule has 1 heterocycles. The van der Waals surface area contributed by atoms with Gasteiger partial charge in [0.05, 0.1) is 17.3 Å². The molecular weight excluding hydrogens is 425 g/mol. The number of aryl methyl sites for hydroxylation is 2. The van der Waals surface area contributed by atoms with Gasteiger partial charge in [0.15, 0.2) is 5.96 Å². The van der Waals surface area contributed by atoms with Crippen LogP contribution in [-0.4, -0.2) is 69.8 Å². The van der Waals surface area contributed by atoms with Crippen molar-refractivity contribution in [3.8, 4) is 0 Å². The van der Waals surface area contributed by atoms with E-state index in [-0.39, 0.29) is 24.0 Å². The van der Waals surface area contributed by atoms with Crippen molar-refractivity contribution in [3.63, 3.8) is 0 Å². The minimum atomic E-state index is 0. The Morgan fingerprint density at radius 3 is 2.52 bits per heavy atom. The second-order valence-electron chi connectivity index (χ2n) is 5.22. The first-order chi connectivity index (χ1) is 10.6. The maximum atomic E-state index is 5.06. The number of aromatic nitrogens is 1. The lowest BCUT2D eigenvalue weighted by Crippen LogP contribution is -2.42. The van der Waals surface area contributed by atoms with Crippen LogP contribution in [-0.2, 0) is 11.2 Å². The average molecular weight is 455 g/mol. The van der Waals surface area contributed by atoms with E-state index in [1.807, 2.05) is 0 Å². The number of aliphatic imine (C=N–C) groups is 1. The number of ether oxygens (including phenoxy) is 1. The van der Waals surface area contributed by atoms with Crippen molar-refractivity contribution in [1.82, 2.24) is 20.5 Å². The van der Waals surface area contributed by atoms with Gasteiger partial charge >= 0.3 is 0 Å². The highest BCUT2D eigenvalue weighted by molar-refractivity contribution is 14.0. The van der Waals surface area contributed by atoms with Gasteiger partial charge in [-0.15, -0.1) is 35.3 Å². The fraction of sp³-hybridized carbons (Fsp3) is 0.733. The molecule has 0 fully saturated rings. The summed E-state index contributed by atoms with van der Waals surface area (Å²) < 4.78 is 5.06. The van der Waals surface area contributed by atoms with Crippen LogP contribution in [0.15, 0.2) is 4.99 Å². The molecule has 0 aliphatic carbocycles. The van der Waals surface area contributed by atoms with Crippen molar-refractivity contribution in [3.05, 3.63) is 15.6 Å². The summed E-state index contributed by atoms with van der Waals surface area (Å²) in [5.41, 5.74) is 1.14. The number of hydrogen-bond acceptors (Lipinski definition) is 5. The number of hydrogen-bond donors (Lipinski definition) is 2. The highest BCUT2D eigenvalue weighted by atomic mass is 127. The summed E-state index contributed by atoms with van der Waals surface area (Å²) in [7, 11) is 5.61. The minimum Gasteiger partial charge on any atom is -0.383 e. The standard InChI is InChI=1S/C15H29N5OS.HI/c1-12-13(2)22-14(19-12)6-7-17-15(16-3)18-8-9-20(4)10-11-21-5;/h6-11H2,1-5H3,(H2,16,17,18);1H. The van der Waals surface area contributed by atoms with Gasteiger partial charge in [0.2, 0.25) is 0 Å². The SMILES string of the molecule is CN=C(NCCc1nc(C)c(C)s1)NCCN(C)CCOC.I. The van der Waals surface area contributed by atoms with Crippen molar-refractivity contribution < 1.29 is 4.74 Å². The fourth-order valence-corrected chi connectivity index (χ4v) is 2.81. The van der Waals surface area contributed by atoms with Crippen LogP contribution in [0.4, 0.5) is 0 Å². The Hall–Kier alpha value is -0.450. The van der Waals surface area contributed by atoms with Crippen LogP contribution in [0.25, 0.3) is 0 Å². The summed E-state index contributed by atoms with van der Waals surface area (Å²) in [4.78, 5) is 12.3. The second-order valence-corrected chi connectivity index (χ2v) is 6.51. The van der Waals surface area contributed by atoms with Crippen LogP contribution in [0.1, 0.15) is 15.6 Å². The molecule has 0 aliphatic rings. The van der Waals surface area contributed by atoms with Crippen LogP contribution >= 0.6 is 35.3 Å². The molecule has 0 spiro atoms. The zero-order chi connectivity index (χ0) is 16.4. The second kappa shape index (κ2) is 12.9. The van der Waals surface area contributed by atoms with Crippen molar-refractivity contribution in [2.24, 2.45) is 4.99 Å². The van der Waals surface area contributed by atoms with E-state index in [4.69, 9.17) is 4.74 Å². The Morgan fingerprint density at radius 1 is 1.26 bits per heavy atom. The molecule has 0 saturated carbocycles. The van der Waals surface area contributed by atoms with Crippen molar-refractivity contribution in [2.45, 2.75) is 20.3 Å². The summed E-state index contributed by atoms with van der Waals surface area (Å²) in [6, 6.07) is 0. The van der Waals surface area contributed by atoms with E-state index in [0.29, 0.717) is 0 Å². The molecule has 1 aromatic heterocycles. The number of nitrogens with one attached hydrogen (secondary N) is 2. The molecule has 0 aliphatic heterocycles. The third-order valence-electron chi connectivity index (χ3n) is 3.39. The fourth-order valence-electron chi connectivity index (χ4n) is 1.88. The largest absolute Gasteiger partial charge is 0.383 e. The van der Waals surface area contributed by atoms with Gasteiger partial charge in [0.1, 0.15) is 0 Å². The lowest BCUT2D eigenvalue weighted by molar-refractivity contribution is 0.162. The summed E-state index contributed by atoms with van der Waals surface area (Å²) in [5, 5.41) is 7.82. The molecular formula is C15H30IN5OS. The van der Waals surface area contributed by atoms with E-state index < -0.39 is 0 Å².